The van der Waals surface area contributed by atoms with E-state index in [4.69, 9.17) is 23.2 Å². The fraction of sp³-hybridized carbons (Fsp3) is 0.519. The van der Waals surface area contributed by atoms with Crippen LogP contribution < -0.4 is 0 Å². The normalized spacial score (nSPS) is 17.0. The van der Waals surface area contributed by atoms with E-state index in [1.807, 2.05) is 18.2 Å². The summed E-state index contributed by atoms with van der Waals surface area (Å²) in [5, 5.41) is 11.7. The predicted molar refractivity (Wildman–Crippen MR) is 132 cm³/mol. The highest BCUT2D eigenvalue weighted by Gasteiger charge is 2.46. The molecule has 0 N–H and O–H groups in total. The molecule has 0 spiro atoms. The number of rotatable bonds is 11. The Kier molecular flexibility index (Phi) is 8.85. The zero-order valence-corrected chi connectivity index (χ0v) is 20.3. The minimum absolute atomic E-state index is 0.340. The van der Waals surface area contributed by atoms with Gasteiger partial charge in [-0.3, -0.25) is 0 Å². The Bertz CT molecular complexity index is 852. The van der Waals surface area contributed by atoms with Crippen molar-refractivity contribution in [1.82, 2.24) is 4.90 Å². The van der Waals surface area contributed by atoms with E-state index >= 15 is 0 Å². The molecule has 0 bridgehead atoms. The van der Waals surface area contributed by atoms with Gasteiger partial charge in [-0.1, -0.05) is 79.9 Å². The largest absolute Gasteiger partial charge is 0.300 e. The van der Waals surface area contributed by atoms with E-state index in [1.165, 1.54) is 12.0 Å². The molecule has 1 aliphatic carbocycles. The van der Waals surface area contributed by atoms with E-state index in [0.717, 1.165) is 57.2 Å². The Balaban J connectivity index is 1.78. The molecule has 0 heterocycles. The maximum atomic E-state index is 10.5. The third-order valence-corrected chi connectivity index (χ3v) is 7.84. The molecule has 1 aliphatic rings. The van der Waals surface area contributed by atoms with Crippen LogP contribution in [0.2, 0.25) is 10.0 Å². The Morgan fingerprint density at radius 3 is 2.26 bits per heavy atom. The van der Waals surface area contributed by atoms with E-state index in [9.17, 15) is 5.26 Å². The minimum atomic E-state index is -0.597. The molecule has 3 rings (SSSR count). The lowest BCUT2D eigenvalue weighted by atomic mass is 9.60. The van der Waals surface area contributed by atoms with Gasteiger partial charge in [0, 0.05) is 28.2 Å². The number of nitriles is 1. The summed E-state index contributed by atoms with van der Waals surface area (Å²) in [7, 11) is 0. The minimum Gasteiger partial charge on any atom is -0.300 e. The Labute approximate surface area is 198 Å². The van der Waals surface area contributed by atoms with Gasteiger partial charge in [0.2, 0.25) is 0 Å². The van der Waals surface area contributed by atoms with Gasteiger partial charge in [-0.05, 0) is 68.7 Å². The van der Waals surface area contributed by atoms with Crippen LogP contribution in [0.5, 0.6) is 0 Å². The second-order valence-corrected chi connectivity index (χ2v) is 9.59. The fourth-order valence-corrected chi connectivity index (χ4v) is 5.85. The van der Waals surface area contributed by atoms with Crippen molar-refractivity contribution in [2.45, 2.75) is 70.3 Å². The molecule has 31 heavy (non-hydrogen) atoms. The van der Waals surface area contributed by atoms with Crippen LogP contribution in [0.15, 0.2) is 48.5 Å². The van der Waals surface area contributed by atoms with Crippen molar-refractivity contribution < 1.29 is 0 Å². The van der Waals surface area contributed by atoms with Gasteiger partial charge < -0.3 is 4.90 Å². The van der Waals surface area contributed by atoms with Crippen molar-refractivity contribution in [1.29, 1.82) is 5.26 Å². The highest BCUT2D eigenvalue weighted by Crippen LogP contribution is 2.51. The van der Waals surface area contributed by atoms with E-state index in [1.54, 1.807) is 0 Å². The summed E-state index contributed by atoms with van der Waals surface area (Å²) in [4.78, 5) is 2.57. The second kappa shape index (κ2) is 11.4. The van der Waals surface area contributed by atoms with Gasteiger partial charge >= 0.3 is 0 Å². The number of hydrogen-bond acceptors (Lipinski definition) is 2. The van der Waals surface area contributed by atoms with Gasteiger partial charge in [-0.25, -0.2) is 0 Å². The zero-order chi connectivity index (χ0) is 22.3. The molecule has 2 aromatic rings. The SMILES string of the molecule is CCC(CCC(C#N)(c1c(Cl)cccc1Cl)C1CCC1)N(CC)CCc1ccccc1. The third-order valence-electron chi connectivity index (χ3n) is 7.21. The molecule has 166 valence electrons. The first-order chi connectivity index (χ1) is 15.1. The Hall–Kier alpha value is -1.53. The molecule has 0 radical (unpaired) electrons. The van der Waals surface area contributed by atoms with Gasteiger partial charge in [0.1, 0.15) is 0 Å². The van der Waals surface area contributed by atoms with E-state index in [2.05, 4.69) is 55.1 Å². The quantitative estimate of drug-likeness (QED) is 0.346. The van der Waals surface area contributed by atoms with Crippen molar-refractivity contribution in [3.8, 4) is 6.07 Å². The van der Waals surface area contributed by atoms with Crippen molar-refractivity contribution in [3.05, 3.63) is 69.7 Å². The summed E-state index contributed by atoms with van der Waals surface area (Å²) in [5.41, 5.74) is 1.63. The van der Waals surface area contributed by atoms with Gasteiger partial charge in [-0.15, -0.1) is 0 Å². The standard InChI is InChI=1S/C27H34Cl2N2/c1-3-23(31(4-2)19-17-21-10-6-5-7-11-21)16-18-27(20-30,22-12-8-13-22)26-24(28)14-9-15-25(26)29/h5-7,9-11,14-15,22-23H,3-4,8,12-13,16-19H2,1-2H3. The fourth-order valence-electron chi connectivity index (χ4n) is 5.12. The van der Waals surface area contributed by atoms with Crippen molar-refractivity contribution >= 4 is 23.2 Å². The average Bonchev–Trinajstić information content (AvgIpc) is 2.74. The summed E-state index contributed by atoms with van der Waals surface area (Å²) in [5.74, 6) is 0.340. The molecule has 1 saturated carbocycles. The molecule has 1 fully saturated rings. The van der Waals surface area contributed by atoms with Gasteiger partial charge in [0.05, 0.1) is 11.5 Å². The first-order valence-electron chi connectivity index (χ1n) is 11.7. The lowest BCUT2D eigenvalue weighted by Gasteiger charge is -2.43. The molecule has 0 saturated heterocycles. The zero-order valence-electron chi connectivity index (χ0n) is 18.8. The molecular weight excluding hydrogens is 423 g/mol. The van der Waals surface area contributed by atoms with Crippen molar-refractivity contribution in [3.63, 3.8) is 0 Å². The second-order valence-electron chi connectivity index (χ2n) is 8.77. The lowest BCUT2D eigenvalue weighted by molar-refractivity contribution is 0.152. The summed E-state index contributed by atoms with van der Waals surface area (Å²) >= 11 is 13.3. The van der Waals surface area contributed by atoms with Crippen LogP contribution in [0, 0.1) is 17.2 Å². The molecule has 2 unspecified atom stereocenters. The molecular formula is C27H34Cl2N2. The molecule has 2 nitrogen and oxygen atoms in total. The van der Waals surface area contributed by atoms with E-state index in [0.29, 0.717) is 22.0 Å². The van der Waals surface area contributed by atoms with Crippen LogP contribution >= 0.6 is 23.2 Å². The topological polar surface area (TPSA) is 27.0 Å². The monoisotopic (exact) mass is 456 g/mol. The number of hydrogen-bond donors (Lipinski definition) is 0. The molecule has 2 atom stereocenters. The van der Waals surface area contributed by atoms with E-state index < -0.39 is 5.41 Å². The lowest BCUT2D eigenvalue weighted by Crippen LogP contribution is -2.42. The molecule has 0 aliphatic heterocycles. The van der Waals surface area contributed by atoms with Gasteiger partial charge in [0.25, 0.3) is 0 Å². The van der Waals surface area contributed by atoms with Crippen LogP contribution in [0.3, 0.4) is 0 Å². The van der Waals surface area contributed by atoms with Gasteiger partial charge in [-0.2, -0.15) is 5.26 Å². The molecule has 4 heteroatoms. The first-order valence-corrected chi connectivity index (χ1v) is 12.4. The van der Waals surface area contributed by atoms with E-state index in [-0.39, 0.29) is 0 Å². The molecule has 0 aromatic heterocycles. The number of likely N-dealkylation sites (N-methyl/N-ethyl adjacent to an activating group) is 1. The summed E-state index contributed by atoms with van der Waals surface area (Å²) < 4.78 is 0. The number of nitrogens with zero attached hydrogens (tertiary/aromatic N) is 2. The highest BCUT2D eigenvalue weighted by atomic mass is 35.5. The summed E-state index contributed by atoms with van der Waals surface area (Å²) in [6.45, 7) is 6.55. The molecule has 2 aromatic carbocycles. The van der Waals surface area contributed by atoms with Crippen LogP contribution in [-0.2, 0) is 11.8 Å². The maximum absolute atomic E-state index is 10.5. The van der Waals surface area contributed by atoms with Crippen LogP contribution in [-0.4, -0.2) is 24.0 Å². The predicted octanol–water partition coefficient (Wildman–Crippen LogP) is 7.68. The van der Waals surface area contributed by atoms with Crippen LogP contribution in [0.4, 0.5) is 0 Å². The summed E-state index contributed by atoms with van der Waals surface area (Å²) in [6, 6.07) is 19.5. The number of benzene rings is 2. The van der Waals surface area contributed by atoms with Crippen LogP contribution in [0.1, 0.15) is 63.5 Å². The van der Waals surface area contributed by atoms with Gasteiger partial charge in [0.15, 0.2) is 0 Å². The smallest absolute Gasteiger partial charge is 0.0879 e. The van der Waals surface area contributed by atoms with Crippen molar-refractivity contribution in [2.75, 3.05) is 13.1 Å². The first kappa shape index (κ1) is 24.1. The molecule has 0 amide bonds. The third kappa shape index (κ3) is 5.46. The van der Waals surface area contributed by atoms with Crippen molar-refractivity contribution in [2.24, 2.45) is 5.92 Å². The average molecular weight is 457 g/mol. The number of halogens is 2. The summed E-state index contributed by atoms with van der Waals surface area (Å²) in [6.07, 6.45) is 7.25. The highest BCUT2D eigenvalue weighted by molar-refractivity contribution is 6.36. The Morgan fingerprint density at radius 1 is 1.06 bits per heavy atom. The maximum Gasteiger partial charge on any atom is 0.0879 e. The van der Waals surface area contributed by atoms with Crippen LogP contribution in [0.25, 0.3) is 0 Å². The Morgan fingerprint density at radius 2 is 1.74 bits per heavy atom.